The summed E-state index contributed by atoms with van der Waals surface area (Å²) in [6, 6.07) is 29.7. The molecule has 240 valence electrons. The monoisotopic (exact) mass is 723 g/mol. The molecule has 0 amide bonds. The van der Waals surface area contributed by atoms with Crippen LogP contribution in [0.5, 0.6) is 0 Å². The van der Waals surface area contributed by atoms with Crippen LogP contribution in [0, 0.1) is 12.8 Å². The van der Waals surface area contributed by atoms with Gasteiger partial charge in [-0.15, -0.1) is 58.3 Å². The molecule has 0 spiro atoms. The van der Waals surface area contributed by atoms with Crippen LogP contribution in [0.4, 0.5) is 0 Å². The predicted octanol–water partition coefficient (Wildman–Crippen LogP) is 4.24. The van der Waals surface area contributed by atoms with E-state index in [-0.39, 0.29) is 61.8 Å². The molecule has 0 nitrogen and oxygen atoms in total. The van der Waals surface area contributed by atoms with Crippen LogP contribution in [0.25, 0.3) is 29.4 Å². The second-order valence-corrected chi connectivity index (χ2v) is 13.3. The van der Waals surface area contributed by atoms with E-state index >= 15 is 0 Å². The average molecular weight is 726 g/mol. The van der Waals surface area contributed by atoms with Crippen LogP contribution in [0.2, 0.25) is 0 Å². The summed E-state index contributed by atoms with van der Waals surface area (Å²) in [6.07, 6.45) is 15.6. The van der Waals surface area contributed by atoms with Gasteiger partial charge in [0.15, 0.2) is 0 Å². The Labute approximate surface area is 310 Å². The molecule has 0 atom stereocenters. The Morgan fingerprint density at radius 1 is 0.696 bits per heavy atom. The Bertz CT molecular complexity index is 1680. The standard InChI is InChI=1S/C27H29.2C8H9.2ClH.Zr/c1-17-14-22-21-13-12-20(26(2,3)4)15-19(21)16-23(22)24(18-10-8-9-11-18)25(17)27(5,6)7;2*1-2-8-6-4-3-5-7-8;;;/h8-10,12-15H,1,11H2,2-7H3;2*2-7H,1H3;2*1H;/q3*-1;;;+2/p-2. The fraction of sp³-hybridized carbons (Fsp3) is 0.256. The minimum Gasteiger partial charge on any atom is -1.00 e. The summed E-state index contributed by atoms with van der Waals surface area (Å²) in [5.74, 6) is 0. The topological polar surface area (TPSA) is 0 Å². The summed E-state index contributed by atoms with van der Waals surface area (Å²) in [6.45, 7) is 22.2. The van der Waals surface area contributed by atoms with E-state index in [4.69, 9.17) is 0 Å². The number of hydrogen-bond acceptors (Lipinski definition) is 0. The smallest absolute Gasteiger partial charge is 1.00 e. The van der Waals surface area contributed by atoms with Crippen LogP contribution in [0.1, 0.15) is 95.2 Å². The van der Waals surface area contributed by atoms with Gasteiger partial charge in [-0.1, -0.05) is 133 Å². The van der Waals surface area contributed by atoms with E-state index < -0.39 is 0 Å². The number of allylic oxidation sites excluding steroid dienone is 4. The molecule has 2 aliphatic rings. The fourth-order valence-corrected chi connectivity index (χ4v) is 5.67. The summed E-state index contributed by atoms with van der Waals surface area (Å²) in [4.78, 5) is 0. The quantitative estimate of drug-likeness (QED) is 0.245. The molecule has 0 aromatic heterocycles. The van der Waals surface area contributed by atoms with E-state index in [1.165, 1.54) is 55.3 Å². The van der Waals surface area contributed by atoms with E-state index in [2.05, 4.69) is 134 Å². The van der Waals surface area contributed by atoms with Gasteiger partial charge >= 0.3 is 26.2 Å². The Hall–Kier alpha value is -2.70. The number of benzene rings is 4. The first-order valence-electron chi connectivity index (χ1n) is 15.4. The SMILES string of the molecule is C=c1cc2c(c(C3=CC=CC3)c1C(C)(C)C)=[C-]c1cc(C(C)(C)C)ccc1-2.C[CH-]c1ccccc1.C[CH-]c1ccccc1.[Cl-].[Cl-].[Zr+2]. The molecule has 4 aromatic rings. The van der Waals surface area contributed by atoms with Crippen molar-refractivity contribution in [2.75, 3.05) is 0 Å². The van der Waals surface area contributed by atoms with E-state index in [1.54, 1.807) is 0 Å². The molecule has 2 aliphatic carbocycles. The number of hydrogen-bond donors (Lipinski definition) is 0. The summed E-state index contributed by atoms with van der Waals surface area (Å²) < 4.78 is 0. The summed E-state index contributed by atoms with van der Waals surface area (Å²) in [7, 11) is 0. The number of halogens is 2. The van der Waals surface area contributed by atoms with Gasteiger partial charge in [0.25, 0.3) is 0 Å². The maximum absolute atomic E-state index is 4.45. The molecular weight excluding hydrogens is 679 g/mol. The van der Waals surface area contributed by atoms with Crippen molar-refractivity contribution in [1.82, 2.24) is 0 Å². The maximum Gasteiger partial charge on any atom is 2.00 e. The van der Waals surface area contributed by atoms with E-state index in [9.17, 15) is 0 Å². The molecular formula is C43H47Cl2Zr-3. The molecule has 0 bridgehead atoms. The van der Waals surface area contributed by atoms with Gasteiger partial charge in [-0.25, -0.2) is 0 Å². The van der Waals surface area contributed by atoms with Crippen molar-refractivity contribution in [3.63, 3.8) is 0 Å². The van der Waals surface area contributed by atoms with Crippen LogP contribution in [-0.2, 0) is 37.0 Å². The summed E-state index contributed by atoms with van der Waals surface area (Å²) in [5.41, 5.74) is 12.0. The fourth-order valence-electron chi connectivity index (χ4n) is 5.67. The van der Waals surface area contributed by atoms with Gasteiger partial charge in [0.05, 0.1) is 0 Å². The van der Waals surface area contributed by atoms with Crippen LogP contribution in [0.3, 0.4) is 0 Å². The average Bonchev–Trinajstić information content (AvgIpc) is 3.65. The number of rotatable bonds is 3. The molecule has 0 saturated heterocycles. The second kappa shape index (κ2) is 18.0. The molecule has 0 heterocycles. The van der Waals surface area contributed by atoms with Crippen molar-refractivity contribution in [3.8, 4) is 11.1 Å². The summed E-state index contributed by atoms with van der Waals surface area (Å²) in [5, 5.41) is 2.39. The van der Waals surface area contributed by atoms with E-state index in [0.717, 1.165) is 11.6 Å². The molecule has 46 heavy (non-hydrogen) atoms. The van der Waals surface area contributed by atoms with Crippen LogP contribution < -0.4 is 35.3 Å². The van der Waals surface area contributed by atoms with Crippen molar-refractivity contribution in [1.29, 1.82) is 0 Å². The first kappa shape index (κ1) is 41.3. The Kier molecular flexibility index (Phi) is 16.2. The first-order chi connectivity index (χ1) is 20.4. The van der Waals surface area contributed by atoms with Crippen molar-refractivity contribution in [2.24, 2.45) is 0 Å². The zero-order valence-corrected chi connectivity index (χ0v) is 32.6. The van der Waals surface area contributed by atoms with Crippen molar-refractivity contribution in [2.45, 2.75) is 72.6 Å². The van der Waals surface area contributed by atoms with Gasteiger partial charge in [0.1, 0.15) is 0 Å². The second-order valence-electron chi connectivity index (χ2n) is 13.3. The van der Waals surface area contributed by atoms with Crippen LogP contribution >= 0.6 is 0 Å². The van der Waals surface area contributed by atoms with Gasteiger partial charge in [0.2, 0.25) is 0 Å². The minimum atomic E-state index is 0. The third-order valence-electron chi connectivity index (χ3n) is 7.95. The zero-order chi connectivity index (χ0) is 31.2. The van der Waals surface area contributed by atoms with Gasteiger partial charge in [-0.05, 0) is 22.5 Å². The predicted molar refractivity (Wildman–Crippen MR) is 189 cm³/mol. The molecule has 0 unspecified atom stereocenters. The summed E-state index contributed by atoms with van der Waals surface area (Å²) >= 11 is 0. The third-order valence-corrected chi connectivity index (χ3v) is 7.95. The molecule has 0 fully saturated rings. The van der Waals surface area contributed by atoms with Gasteiger partial charge in [-0.2, -0.15) is 48.2 Å². The van der Waals surface area contributed by atoms with Gasteiger partial charge in [0, 0.05) is 0 Å². The molecule has 3 heteroatoms. The molecule has 0 aliphatic heterocycles. The zero-order valence-electron chi connectivity index (χ0n) is 28.6. The molecule has 0 N–H and O–H groups in total. The van der Waals surface area contributed by atoms with Crippen LogP contribution in [0.15, 0.2) is 103 Å². The third kappa shape index (κ3) is 10.1. The van der Waals surface area contributed by atoms with Gasteiger partial charge in [-0.3, -0.25) is 0 Å². The Morgan fingerprint density at radius 2 is 1.24 bits per heavy atom. The van der Waals surface area contributed by atoms with Crippen molar-refractivity contribution >= 4 is 18.2 Å². The van der Waals surface area contributed by atoms with Crippen LogP contribution in [-0.4, -0.2) is 0 Å². The van der Waals surface area contributed by atoms with E-state index in [1.807, 2.05) is 50.2 Å². The molecule has 6 rings (SSSR count). The molecule has 4 aromatic carbocycles. The minimum absolute atomic E-state index is 0. The largest absolute Gasteiger partial charge is 2.00 e. The Morgan fingerprint density at radius 3 is 1.65 bits per heavy atom. The Balaban J connectivity index is 0.000000460. The normalized spacial score (nSPS) is 12.0. The van der Waals surface area contributed by atoms with E-state index in [0.29, 0.717) is 0 Å². The van der Waals surface area contributed by atoms with Crippen molar-refractivity contribution in [3.05, 3.63) is 160 Å². The number of fused-ring (bicyclic) bond motifs is 3. The maximum atomic E-state index is 4.45. The van der Waals surface area contributed by atoms with Crippen molar-refractivity contribution < 1.29 is 51.0 Å². The first-order valence-corrected chi connectivity index (χ1v) is 15.4. The van der Waals surface area contributed by atoms with Gasteiger partial charge < -0.3 is 24.8 Å². The molecule has 0 radical (unpaired) electrons. The molecule has 0 saturated carbocycles.